The number of nitrogens with zero attached hydrogens (tertiary/aromatic N) is 4. The van der Waals surface area contributed by atoms with Crippen molar-refractivity contribution in [1.82, 2.24) is 4.90 Å². The molecule has 2 aromatic rings. The summed E-state index contributed by atoms with van der Waals surface area (Å²) in [6.07, 6.45) is 3.02. The monoisotopic (exact) mass is 423 g/mol. The molecule has 0 bridgehead atoms. The van der Waals surface area contributed by atoms with Gasteiger partial charge in [-0.25, -0.2) is 0 Å². The third kappa shape index (κ3) is 3.06. The first-order valence-electron chi connectivity index (χ1n) is 10.8. The van der Waals surface area contributed by atoms with E-state index in [1.165, 1.54) is 0 Å². The second-order valence-electron chi connectivity index (χ2n) is 8.46. The number of methoxy groups -OCH3 is 1. The van der Waals surface area contributed by atoms with Crippen molar-refractivity contribution >= 4 is 16.5 Å². The summed E-state index contributed by atoms with van der Waals surface area (Å²) in [7, 11) is 1.58. The van der Waals surface area contributed by atoms with Gasteiger partial charge in [0.2, 0.25) is 0 Å². The molecule has 0 amide bonds. The summed E-state index contributed by atoms with van der Waals surface area (Å²) in [6.45, 7) is 4.35. The normalized spacial score (nSPS) is 24.5. The topological polar surface area (TPSA) is 108 Å². The summed E-state index contributed by atoms with van der Waals surface area (Å²) in [5.41, 5.74) is -0.263. The highest BCUT2D eigenvalue weighted by atomic mass is 16.5. The standard InChI is InChI=1S/C26H25N5O/c1-3-11-31-12-10-19-20(13-27)25(30)26(15-28,16-29)24(21(19)14-31)23-18-7-5-4-6-17(18)8-9-22(23)32-2/h4-10,20-21,24,30H,3,11-12,14H2,1-2H3/t20?,21-,24-/m1/s1. The molecular formula is C26H25N5O. The molecule has 1 unspecified atom stereocenters. The van der Waals surface area contributed by atoms with Crippen LogP contribution in [0.2, 0.25) is 0 Å². The zero-order valence-electron chi connectivity index (χ0n) is 18.3. The minimum Gasteiger partial charge on any atom is -0.496 e. The van der Waals surface area contributed by atoms with E-state index in [4.69, 9.17) is 10.1 Å². The Balaban J connectivity index is 2.06. The molecule has 160 valence electrons. The molecule has 1 heterocycles. The van der Waals surface area contributed by atoms with E-state index in [1.54, 1.807) is 7.11 Å². The Bertz CT molecular complexity index is 1210. The van der Waals surface area contributed by atoms with Crippen LogP contribution in [0.25, 0.3) is 10.8 Å². The number of ether oxygens (including phenoxy) is 1. The molecule has 1 aliphatic heterocycles. The van der Waals surface area contributed by atoms with Gasteiger partial charge in [0.25, 0.3) is 0 Å². The van der Waals surface area contributed by atoms with Gasteiger partial charge in [0.15, 0.2) is 5.41 Å². The number of hydrogen-bond donors (Lipinski definition) is 1. The van der Waals surface area contributed by atoms with Crippen molar-refractivity contribution in [2.45, 2.75) is 19.3 Å². The number of benzene rings is 2. The summed E-state index contributed by atoms with van der Waals surface area (Å²) in [4.78, 5) is 2.29. The summed E-state index contributed by atoms with van der Waals surface area (Å²) < 4.78 is 5.74. The summed E-state index contributed by atoms with van der Waals surface area (Å²) in [5.74, 6) is -1.13. The van der Waals surface area contributed by atoms with Gasteiger partial charge >= 0.3 is 0 Å². The van der Waals surface area contributed by atoms with Crippen molar-refractivity contribution in [2.24, 2.45) is 17.3 Å². The Morgan fingerprint density at radius 2 is 1.91 bits per heavy atom. The van der Waals surface area contributed by atoms with E-state index in [0.29, 0.717) is 18.8 Å². The molecule has 4 rings (SSSR count). The first-order chi connectivity index (χ1) is 15.6. The first-order valence-corrected chi connectivity index (χ1v) is 10.8. The molecule has 3 atom stereocenters. The number of nitriles is 3. The molecule has 0 aromatic heterocycles. The van der Waals surface area contributed by atoms with Gasteiger partial charge in [0, 0.05) is 30.5 Å². The molecule has 1 N–H and O–H groups in total. The number of nitrogens with one attached hydrogen (secondary N) is 1. The second kappa shape index (κ2) is 8.46. The average molecular weight is 424 g/mol. The maximum atomic E-state index is 10.4. The van der Waals surface area contributed by atoms with Crippen molar-refractivity contribution in [2.75, 3.05) is 26.7 Å². The molecule has 0 saturated heterocycles. The summed E-state index contributed by atoms with van der Waals surface area (Å²) in [6, 6.07) is 18.3. The lowest BCUT2D eigenvalue weighted by Crippen LogP contribution is -2.53. The van der Waals surface area contributed by atoms with Crippen molar-refractivity contribution in [3.05, 3.63) is 53.6 Å². The Morgan fingerprint density at radius 1 is 1.16 bits per heavy atom. The van der Waals surface area contributed by atoms with Gasteiger partial charge in [-0.05, 0) is 35.4 Å². The van der Waals surface area contributed by atoms with Gasteiger partial charge in [-0.2, -0.15) is 15.8 Å². The highest BCUT2D eigenvalue weighted by Crippen LogP contribution is 2.56. The van der Waals surface area contributed by atoms with Crippen LogP contribution in [-0.4, -0.2) is 37.4 Å². The fraction of sp³-hybridized carbons (Fsp3) is 0.385. The fourth-order valence-corrected chi connectivity index (χ4v) is 5.45. The van der Waals surface area contributed by atoms with Gasteiger partial charge in [0.05, 0.1) is 31.0 Å². The smallest absolute Gasteiger partial charge is 0.189 e. The predicted molar refractivity (Wildman–Crippen MR) is 122 cm³/mol. The molecule has 2 aliphatic rings. The summed E-state index contributed by atoms with van der Waals surface area (Å²) >= 11 is 0. The molecule has 2 aromatic carbocycles. The van der Waals surface area contributed by atoms with Crippen LogP contribution in [0.4, 0.5) is 0 Å². The third-order valence-electron chi connectivity index (χ3n) is 6.87. The van der Waals surface area contributed by atoms with E-state index in [0.717, 1.165) is 34.9 Å². The Hall–Kier alpha value is -3.66. The number of hydrogen-bond acceptors (Lipinski definition) is 6. The molecule has 32 heavy (non-hydrogen) atoms. The zero-order chi connectivity index (χ0) is 22.9. The van der Waals surface area contributed by atoms with Crippen LogP contribution < -0.4 is 4.74 Å². The van der Waals surface area contributed by atoms with Crippen molar-refractivity contribution in [3.63, 3.8) is 0 Å². The molecule has 0 spiro atoms. The van der Waals surface area contributed by atoms with Crippen LogP contribution in [0.3, 0.4) is 0 Å². The van der Waals surface area contributed by atoms with Gasteiger partial charge in [-0.3, -0.25) is 4.90 Å². The Morgan fingerprint density at radius 3 is 2.56 bits per heavy atom. The quantitative estimate of drug-likeness (QED) is 0.733. The molecule has 6 nitrogen and oxygen atoms in total. The highest BCUT2D eigenvalue weighted by Gasteiger charge is 2.58. The minimum atomic E-state index is -1.75. The van der Waals surface area contributed by atoms with Crippen LogP contribution in [0.5, 0.6) is 5.75 Å². The lowest BCUT2D eigenvalue weighted by Gasteiger charge is -2.48. The van der Waals surface area contributed by atoms with E-state index < -0.39 is 17.3 Å². The van der Waals surface area contributed by atoms with Gasteiger partial charge < -0.3 is 10.1 Å². The molecule has 1 fully saturated rings. The zero-order valence-corrected chi connectivity index (χ0v) is 18.3. The van der Waals surface area contributed by atoms with Crippen LogP contribution in [0.1, 0.15) is 24.8 Å². The van der Waals surface area contributed by atoms with Gasteiger partial charge in [0.1, 0.15) is 11.7 Å². The highest BCUT2D eigenvalue weighted by molar-refractivity contribution is 6.02. The number of rotatable bonds is 4. The molecule has 0 radical (unpaired) electrons. The Labute approximate surface area is 188 Å². The first kappa shape index (κ1) is 21.6. The third-order valence-corrected chi connectivity index (χ3v) is 6.87. The molecule has 1 saturated carbocycles. The minimum absolute atomic E-state index is 0.128. The number of fused-ring (bicyclic) bond motifs is 2. The maximum absolute atomic E-state index is 10.4. The van der Waals surface area contributed by atoms with Gasteiger partial charge in [-0.15, -0.1) is 0 Å². The molecular weight excluding hydrogens is 398 g/mol. The fourth-order valence-electron chi connectivity index (χ4n) is 5.45. The lowest BCUT2D eigenvalue weighted by molar-refractivity contribution is 0.203. The lowest BCUT2D eigenvalue weighted by atomic mass is 9.54. The van der Waals surface area contributed by atoms with Crippen LogP contribution >= 0.6 is 0 Å². The summed E-state index contributed by atoms with van der Waals surface area (Å²) in [5, 5.41) is 41.4. The predicted octanol–water partition coefficient (Wildman–Crippen LogP) is 4.41. The van der Waals surface area contributed by atoms with Crippen LogP contribution in [0, 0.1) is 56.7 Å². The second-order valence-corrected chi connectivity index (χ2v) is 8.46. The van der Waals surface area contributed by atoms with Crippen LogP contribution in [0.15, 0.2) is 48.0 Å². The molecule has 6 heteroatoms. The van der Waals surface area contributed by atoms with E-state index in [-0.39, 0.29) is 11.6 Å². The van der Waals surface area contributed by atoms with Crippen LogP contribution in [-0.2, 0) is 0 Å². The van der Waals surface area contributed by atoms with E-state index in [9.17, 15) is 15.8 Å². The van der Waals surface area contributed by atoms with Gasteiger partial charge in [-0.1, -0.05) is 43.3 Å². The Kier molecular flexibility index (Phi) is 5.70. The van der Waals surface area contributed by atoms with E-state index >= 15 is 0 Å². The largest absolute Gasteiger partial charge is 0.496 e. The van der Waals surface area contributed by atoms with E-state index in [2.05, 4.69) is 30.0 Å². The SMILES string of the molecule is CCCN1CC=C2C(C#N)C(=N)C(C#N)(C#N)[C@@H](c3c(OC)ccc4ccccc34)[C@@H]2C1. The van der Waals surface area contributed by atoms with Crippen molar-refractivity contribution < 1.29 is 4.74 Å². The van der Waals surface area contributed by atoms with Crippen molar-refractivity contribution in [3.8, 4) is 24.0 Å². The maximum Gasteiger partial charge on any atom is 0.189 e. The molecule has 1 aliphatic carbocycles. The van der Waals surface area contributed by atoms with E-state index in [1.807, 2.05) is 42.5 Å². The van der Waals surface area contributed by atoms with Crippen molar-refractivity contribution in [1.29, 1.82) is 21.2 Å². The average Bonchev–Trinajstić information content (AvgIpc) is 2.83.